The van der Waals surface area contributed by atoms with Gasteiger partial charge in [-0.15, -0.1) is 0 Å². The summed E-state index contributed by atoms with van der Waals surface area (Å²) in [4.78, 5) is 16.2. The number of carbonyl (C=O) groups excluding carboxylic acids is 1. The zero-order valence-corrected chi connectivity index (χ0v) is 13.1. The van der Waals surface area contributed by atoms with Crippen LogP contribution in [-0.4, -0.2) is 61.7 Å². The number of halogens is 1. The van der Waals surface area contributed by atoms with E-state index in [1.54, 1.807) is 6.07 Å². The highest BCUT2D eigenvalue weighted by atomic mass is 35.5. The van der Waals surface area contributed by atoms with Gasteiger partial charge in [-0.1, -0.05) is 30.7 Å². The highest BCUT2D eigenvalue weighted by molar-refractivity contribution is 6.32. The van der Waals surface area contributed by atoms with Gasteiger partial charge in [0.1, 0.15) is 12.4 Å². The van der Waals surface area contributed by atoms with Gasteiger partial charge < -0.3 is 19.9 Å². The van der Waals surface area contributed by atoms with E-state index < -0.39 is 0 Å². The summed E-state index contributed by atoms with van der Waals surface area (Å²) in [5.74, 6) is 0.643. The van der Waals surface area contributed by atoms with Gasteiger partial charge in [0.05, 0.1) is 11.6 Å². The number of urea groups is 1. The minimum absolute atomic E-state index is 0.0199. The lowest BCUT2D eigenvalue weighted by Gasteiger charge is -2.33. The summed E-state index contributed by atoms with van der Waals surface area (Å²) in [6, 6.07) is 7.30. The lowest BCUT2D eigenvalue weighted by molar-refractivity contribution is 0.142. The number of para-hydroxylation sites is 1. The second-order valence-corrected chi connectivity index (χ2v) is 5.34. The molecular weight excluding hydrogens is 290 g/mol. The maximum Gasteiger partial charge on any atom is 0.317 e. The fourth-order valence-corrected chi connectivity index (χ4v) is 2.45. The first kappa shape index (κ1) is 15.9. The molecule has 0 radical (unpaired) electrons. The van der Waals surface area contributed by atoms with Crippen molar-refractivity contribution in [3.05, 3.63) is 29.3 Å². The molecule has 1 aliphatic heterocycles. The van der Waals surface area contributed by atoms with Crippen LogP contribution >= 0.6 is 11.6 Å². The van der Waals surface area contributed by atoms with Crippen LogP contribution in [0.25, 0.3) is 0 Å². The van der Waals surface area contributed by atoms with Crippen LogP contribution in [0.2, 0.25) is 5.02 Å². The number of piperazine rings is 1. The molecule has 1 heterocycles. The van der Waals surface area contributed by atoms with Crippen molar-refractivity contribution in [1.29, 1.82) is 0 Å². The molecule has 0 aromatic heterocycles. The van der Waals surface area contributed by atoms with Gasteiger partial charge in [0.15, 0.2) is 0 Å². The Morgan fingerprint density at radius 2 is 2.00 bits per heavy atom. The number of benzene rings is 1. The Labute approximate surface area is 130 Å². The molecule has 0 spiro atoms. The Morgan fingerprint density at radius 3 is 2.67 bits per heavy atom. The molecule has 1 saturated heterocycles. The number of hydrogen-bond acceptors (Lipinski definition) is 3. The number of hydrogen-bond donors (Lipinski definition) is 1. The van der Waals surface area contributed by atoms with Gasteiger partial charge in [0.25, 0.3) is 0 Å². The standard InChI is InChI=1S/C15H22ClN3O2/c1-2-18-8-10-19(11-9-18)15(20)17-7-12-21-14-6-4-3-5-13(14)16/h3-6H,2,7-12H2,1H3,(H,17,20). The van der Waals surface area contributed by atoms with Crippen LogP contribution in [0, 0.1) is 0 Å². The van der Waals surface area contributed by atoms with E-state index in [0.717, 1.165) is 32.7 Å². The molecule has 1 aromatic rings. The molecule has 21 heavy (non-hydrogen) atoms. The highest BCUT2D eigenvalue weighted by Gasteiger charge is 2.19. The van der Waals surface area contributed by atoms with E-state index in [-0.39, 0.29) is 6.03 Å². The minimum Gasteiger partial charge on any atom is -0.490 e. The summed E-state index contributed by atoms with van der Waals surface area (Å²) in [7, 11) is 0. The third kappa shape index (κ3) is 4.79. The van der Waals surface area contributed by atoms with Gasteiger partial charge in [-0.3, -0.25) is 0 Å². The van der Waals surface area contributed by atoms with Gasteiger partial charge >= 0.3 is 6.03 Å². The van der Waals surface area contributed by atoms with Crippen LogP contribution in [0.3, 0.4) is 0 Å². The van der Waals surface area contributed by atoms with Crippen LogP contribution < -0.4 is 10.1 Å². The fraction of sp³-hybridized carbons (Fsp3) is 0.533. The number of amides is 2. The molecule has 0 atom stereocenters. The quantitative estimate of drug-likeness (QED) is 0.847. The average Bonchev–Trinajstić information content (AvgIpc) is 2.53. The van der Waals surface area contributed by atoms with Gasteiger partial charge in [-0.25, -0.2) is 4.79 Å². The van der Waals surface area contributed by atoms with Gasteiger partial charge in [-0.2, -0.15) is 0 Å². The number of nitrogens with zero attached hydrogens (tertiary/aromatic N) is 2. The molecule has 2 amide bonds. The number of ether oxygens (including phenoxy) is 1. The molecule has 1 fully saturated rings. The molecule has 0 bridgehead atoms. The third-order valence-corrected chi connectivity index (χ3v) is 3.89. The van der Waals surface area contributed by atoms with Crippen molar-refractivity contribution in [2.45, 2.75) is 6.92 Å². The highest BCUT2D eigenvalue weighted by Crippen LogP contribution is 2.22. The van der Waals surface area contributed by atoms with E-state index >= 15 is 0 Å². The van der Waals surface area contributed by atoms with Gasteiger partial charge in [0, 0.05) is 26.2 Å². The topological polar surface area (TPSA) is 44.8 Å². The van der Waals surface area contributed by atoms with Crippen molar-refractivity contribution in [3.8, 4) is 5.75 Å². The van der Waals surface area contributed by atoms with E-state index in [1.807, 2.05) is 23.1 Å². The van der Waals surface area contributed by atoms with Crippen LogP contribution in [0.15, 0.2) is 24.3 Å². The zero-order chi connectivity index (χ0) is 15.1. The van der Waals surface area contributed by atoms with E-state index in [4.69, 9.17) is 16.3 Å². The smallest absolute Gasteiger partial charge is 0.317 e. The minimum atomic E-state index is -0.0199. The Balaban J connectivity index is 1.65. The van der Waals surface area contributed by atoms with Crippen molar-refractivity contribution in [1.82, 2.24) is 15.1 Å². The van der Waals surface area contributed by atoms with E-state index in [1.165, 1.54) is 0 Å². The SMILES string of the molecule is CCN1CCN(C(=O)NCCOc2ccccc2Cl)CC1. The third-order valence-electron chi connectivity index (χ3n) is 3.58. The molecule has 2 rings (SSSR count). The summed E-state index contributed by atoms with van der Waals surface area (Å²) in [5.41, 5.74) is 0. The van der Waals surface area contributed by atoms with Crippen LogP contribution in [0.1, 0.15) is 6.92 Å². The zero-order valence-electron chi connectivity index (χ0n) is 12.3. The number of rotatable bonds is 5. The average molecular weight is 312 g/mol. The monoisotopic (exact) mass is 311 g/mol. The molecular formula is C15H22ClN3O2. The lowest BCUT2D eigenvalue weighted by Crippen LogP contribution is -2.52. The summed E-state index contributed by atoms with van der Waals surface area (Å²) in [5, 5.41) is 3.46. The Bertz CT molecular complexity index is 462. The van der Waals surface area contributed by atoms with Crippen molar-refractivity contribution in [2.75, 3.05) is 45.9 Å². The molecule has 0 aliphatic carbocycles. The second kappa shape index (κ2) is 8.10. The van der Waals surface area contributed by atoms with Crippen molar-refractivity contribution in [2.24, 2.45) is 0 Å². The van der Waals surface area contributed by atoms with Crippen molar-refractivity contribution < 1.29 is 9.53 Å². The predicted octanol–water partition coefficient (Wildman–Crippen LogP) is 2.07. The molecule has 1 aromatic carbocycles. The molecule has 116 valence electrons. The largest absolute Gasteiger partial charge is 0.490 e. The lowest BCUT2D eigenvalue weighted by atomic mass is 10.3. The molecule has 1 N–H and O–H groups in total. The van der Waals surface area contributed by atoms with Gasteiger partial charge in [0.2, 0.25) is 0 Å². The van der Waals surface area contributed by atoms with E-state index in [9.17, 15) is 4.79 Å². The number of nitrogens with one attached hydrogen (secondary N) is 1. The molecule has 1 aliphatic rings. The maximum absolute atomic E-state index is 12.0. The first-order valence-corrected chi connectivity index (χ1v) is 7.71. The predicted molar refractivity (Wildman–Crippen MR) is 84.0 cm³/mol. The summed E-state index contributed by atoms with van der Waals surface area (Å²) in [6.07, 6.45) is 0. The fourth-order valence-electron chi connectivity index (χ4n) is 2.26. The first-order valence-electron chi connectivity index (χ1n) is 7.33. The number of likely N-dealkylation sites (N-methyl/N-ethyl adjacent to an activating group) is 1. The van der Waals surface area contributed by atoms with Crippen LogP contribution in [0.5, 0.6) is 5.75 Å². The first-order chi connectivity index (χ1) is 10.2. The maximum atomic E-state index is 12.0. The van der Waals surface area contributed by atoms with Crippen molar-refractivity contribution in [3.63, 3.8) is 0 Å². The molecule has 5 nitrogen and oxygen atoms in total. The number of carbonyl (C=O) groups is 1. The summed E-state index contributed by atoms with van der Waals surface area (Å²) >= 11 is 5.99. The summed E-state index contributed by atoms with van der Waals surface area (Å²) < 4.78 is 5.54. The van der Waals surface area contributed by atoms with Crippen molar-refractivity contribution >= 4 is 17.6 Å². The van der Waals surface area contributed by atoms with Crippen LogP contribution in [0.4, 0.5) is 4.79 Å². The normalized spacial score (nSPS) is 15.8. The molecule has 6 heteroatoms. The van der Waals surface area contributed by atoms with E-state index in [0.29, 0.717) is 23.9 Å². The Hall–Kier alpha value is -1.46. The molecule has 0 saturated carbocycles. The summed E-state index contributed by atoms with van der Waals surface area (Å²) in [6.45, 7) is 7.52. The van der Waals surface area contributed by atoms with Crippen LogP contribution in [-0.2, 0) is 0 Å². The van der Waals surface area contributed by atoms with E-state index in [2.05, 4.69) is 17.1 Å². The second-order valence-electron chi connectivity index (χ2n) is 4.93. The Morgan fingerprint density at radius 1 is 1.29 bits per heavy atom. The van der Waals surface area contributed by atoms with Gasteiger partial charge in [-0.05, 0) is 18.7 Å². The molecule has 0 unspecified atom stereocenters. The Kier molecular flexibility index (Phi) is 6.14.